The molecule has 0 aliphatic carbocycles. The average Bonchev–Trinajstić information content (AvgIpc) is 2.66. The summed E-state index contributed by atoms with van der Waals surface area (Å²) in [6, 6.07) is 10.3. The highest BCUT2D eigenvalue weighted by Crippen LogP contribution is 2.31. The highest BCUT2D eigenvalue weighted by molar-refractivity contribution is 6.10. The maximum atomic E-state index is 12.9. The highest BCUT2D eigenvalue weighted by atomic mass is 19.4. The zero-order chi connectivity index (χ0) is 23.9. The van der Waals surface area contributed by atoms with Gasteiger partial charge in [-0.3, -0.25) is 9.59 Å². The molecule has 0 bridgehead atoms. The molecule has 3 amide bonds. The Morgan fingerprint density at radius 3 is 2.28 bits per heavy atom. The van der Waals surface area contributed by atoms with Crippen molar-refractivity contribution in [2.24, 2.45) is 0 Å². The maximum absolute atomic E-state index is 12.9. The van der Waals surface area contributed by atoms with Crippen LogP contribution in [0, 0.1) is 0 Å². The fourth-order valence-electron chi connectivity index (χ4n) is 2.57. The van der Waals surface area contributed by atoms with Crippen molar-refractivity contribution in [3.63, 3.8) is 0 Å². The molecular formula is C22H24F3N3O4. The Morgan fingerprint density at radius 1 is 0.938 bits per heavy atom. The lowest BCUT2D eigenvalue weighted by atomic mass is 10.1. The van der Waals surface area contributed by atoms with E-state index in [1.807, 2.05) is 0 Å². The number of benzene rings is 2. The van der Waals surface area contributed by atoms with Gasteiger partial charge in [-0.1, -0.05) is 18.2 Å². The third kappa shape index (κ3) is 7.93. The van der Waals surface area contributed by atoms with Gasteiger partial charge in [-0.05, 0) is 51.1 Å². The summed E-state index contributed by atoms with van der Waals surface area (Å²) in [4.78, 5) is 36.4. The van der Waals surface area contributed by atoms with E-state index in [-0.39, 0.29) is 29.9 Å². The molecule has 0 saturated carbocycles. The normalized spacial score (nSPS) is 11.4. The molecule has 0 atom stereocenters. The van der Waals surface area contributed by atoms with Crippen LogP contribution in [0.4, 0.5) is 29.3 Å². The van der Waals surface area contributed by atoms with Crippen molar-refractivity contribution in [2.45, 2.75) is 39.0 Å². The third-order valence-corrected chi connectivity index (χ3v) is 3.91. The number of amides is 3. The number of nitrogens with one attached hydrogen (secondary N) is 3. The van der Waals surface area contributed by atoms with E-state index in [9.17, 15) is 27.6 Å². The molecule has 0 heterocycles. The van der Waals surface area contributed by atoms with E-state index in [1.165, 1.54) is 24.3 Å². The Morgan fingerprint density at radius 2 is 1.62 bits per heavy atom. The van der Waals surface area contributed by atoms with E-state index in [1.54, 1.807) is 32.9 Å². The number of alkyl carbamates (subject to hydrolysis) is 1. The van der Waals surface area contributed by atoms with Crippen molar-refractivity contribution >= 4 is 29.3 Å². The molecule has 10 heteroatoms. The molecule has 2 rings (SSSR count). The highest BCUT2D eigenvalue weighted by Gasteiger charge is 2.30. The summed E-state index contributed by atoms with van der Waals surface area (Å²) >= 11 is 0. The van der Waals surface area contributed by atoms with Crippen LogP contribution in [0.1, 0.15) is 43.1 Å². The number of alkyl halides is 3. The van der Waals surface area contributed by atoms with Crippen LogP contribution in [-0.2, 0) is 15.7 Å². The van der Waals surface area contributed by atoms with E-state index in [0.29, 0.717) is 0 Å². The number of hydrogen-bond acceptors (Lipinski definition) is 4. The van der Waals surface area contributed by atoms with Crippen LogP contribution in [0.15, 0.2) is 48.5 Å². The molecular weight excluding hydrogens is 427 g/mol. The third-order valence-electron chi connectivity index (χ3n) is 3.91. The van der Waals surface area contributed by atoms with Crippen molar-refractivity contribution in [1.82, 2.24) is 5.32 Å². The molecule has 172 valence electrons. The molecule has 0 spiro atoms. The van der Waals surface area contributed by atoms with Crippen molar-refractivity contribution in [2.75, 3.05) is 17.2 Å². The van der Waals surface area contributed by atoms with Crippen LogP contribution in [0.5, 0.6) is 0 Å². The van der Waals surface area contributed by atoms with E-state index in [2.05, 4.69) is 16.0 Å². The predicted molar refractivity (Wildman–Crippen MR) is 113 cm³/mol. The Balaban J connectivity index is 1.99. The maximum Gasteiger partial charge on any atom is 0.416 e. The fraction of sp³-hybridized carbons (Fsp3) is 0.318. The van der Waals surface area contributed by atoms with Gasteiger partial charge in [-0.2, -0.15) is 13.2 Å². The van der Waals surface area contributed by atoms with E-state index >= 15 is 0 Å². The molecule has 0 aliphatic rings. The van der Waals surface area contributed by atoms with Crippen molar-refractivity contribution in [3.05, 3.63) is 59.7 Å². The topological polar surface area (TPSA) is 96.5 Å². The van der Waals surface area contributed by atoms with E-state index in [0.717, 1.165) is 12.1 Å². The minimum absolute atomic E-state index is 0.0132. The van der Waals surface area contributed by atoms with Gasteiger partial charge in [-0.15, -0.1) is 0 Å². The standard InChI is InChI=1S/C22H24F3N3O4/c1-21(2,3)32-20(31)26-12-11-18(29)28-17-10-5-4-9-16(17)19(30)27-15-8-6-7-14(13-15)22(23,24)25/h4-10,13H,11-12H2,1-3H3,(H,26,31)(H,27,30)(H,28,29). The second-order valence-corrected chi connectivity index (χ2v) is 7.81. The number of carbonyl (C=O) groups excluding carboxylic acids is 3. The minimum atomic E-state index is -4.54. The second-order valence-electron chi connectivity index (χ2n) is 7.81. The van der Waals surface area contributed by atoms with Gasteiger partial charge in [0.2, 0.25) is 5.91 Å². The van der Waals surface area contributed by atoms with Crippen LogP contribution in [-0.4, -0.2) is 30.1 Å². The summed E-state index contributed by atoms with van der Waals surface area (Å²) < 4.78 is 43.7. The van der Waals surface area contributed by atoms with Crippen LogP contribution in [0.3, 0.4) is 0 Å². The number of rotatable bonds is 6. The van der Waals surface area contributed by atoms with Crippen LogP contribution >= 0.6 is 0 Å². The number of para-hydroxylation sites is 1. The molecule has 0 fully saturated rings. The van der Waals surface area contributed by atoms with Gasteiger partial charge in [0, 0.05) is 18.7 Å². The molecule has 7 nitrogen and oxygen atoms in total. The van der Waals surface area contributed by atoms with Gasteiger partial charge >= 0.3 is 12.3 Å². The summed E-state index contributed by atoms with van der Waals surface area (Å²) in [5, 5.41) is 7.41. The van der Waals surface area contributed by atoms with Gasteiger partial charge in [0.15, 0.2) is 0 Å². The Kier molecular flexibility index (Phi) is 7.85. The first-order chi connectivity index (χ1) is 14.8. The molecule has 2 aromatic rings. The Hall–Kier alpha value is -3.56. The van der Waals surface area contributed by atoms with Gasteiger partial charge in [0.25, 0.3) is 5.91 Å². The molecule has 0 unspecified atom stereocenters. The summed E-state index contributed by atoms with van der Waals surface area (Å²) in [6.45, 7) is 5.14. The lowest BCUT2D eigenvalue weighted by Crippen LogP contribution is -2.34. The van der Waals surface area contributed by atoms with E-state index < -0.39 is 35.2 Å². The fourth-order valence-corrected chi connectivity index (χ4v) is 2.57. The van der Waals surface area contributed by atoms with Crippen LogP contribution in [0.2, 0.25) is 0 Å². The molecule has 2 aromatic carbocycles. The lowest BCUT2D eigenvalue weighted by molar-refractivity contribution is -0.137. The number of carbonyl (C=O) groups is 3. The summed E-state index contributed by atoms with van der Waals surface area (Å²) in [5.41, 5.74) is -1.35. The van der Waals surface area contributed by atoms with Gasteiger partial charge < -0.3 is 20.7 Å². The molecule has 32 heavy (non-hydrogen) atoms. The first kappa shape index (κ1) is 24.7. The van der Waals surface area contributed by atoms with Gasteiger partial charge in [0.1, 0.15) is 5.60 Å². The molecule has 3 N–H and O–H groups in total. The first-order valence-electron chi connectivity index (χ1n) is 9.69. The second kappa shape index (κ2) is 10.2. The summed E-state index contributed by atoms with van der Waals surface area (Å²) in [6.07, 6.45) is -5.28. The van der Waals surface area contributed by atoms with Gasteiger partial charge in [0.05, 0.1) is 16.8 Å². The molecule has 0 radical (unpaired) electrons. The summed E-state index contributed by atoms with van der Waals surface area (Å²) in [7, 11) is 0. The first-order valence-corrected chi connectivity index (χ1v) is 9.69. The molecule has 0 aliphatic heterocycles. The number of anilines is 2. The van der Waals surface area contributed by atoms with Crippen molar-refractivity contribution in [1.29, 1.82) is 0 Å². The molecule has 0 aromatic heterocycles. The Bertz CT molecular complexity index is 985. The largest absolute Gasteiger partial charge is 0.444 e. The quantitative estimate of drug-likeness (QED) is 0.587. The minimum Gasteiger partial charge on any atom is -0.444 e. The van der Waals surface area contributed by atoms with Gasteiger partial charge in [-0.25, -0.2) is 4.79 Å². The zero-order valence-corrected chi connectivity index (χ0v) is 17.8. The number of ether oxygens (including phenoxy) is 1. The monoisotopic (exact) mass is 451 g/mol. The zero-order valence-electron chi connectivity index (χ0n) is 17.8. The van der Waals surface area contributed by atoms with E-state index in [4.69, 9.17) is 4.74 Å². The van der Waals surface area contributed by atoms with Crippen LogP contribution < -0.4 is 16.0 Å². The van der Waals surface area contributed by atoms with Crippen molar-refractivity contribution in [3.8, 4) is 0 Å². The Labute approximate surface area is 183 Å². The smallest absolute Gasteiger partial charge is 0.416 e. The lowest BCUT2D eigenvalue weighted by Gasteiger charge is -2.19. The molecule has 0 saturated heterocycles. The van der Waals surface area contributed by atoms with Crippen LogP contribution in [0.25, 0.3) is 0 Å². The predicted octanol–water partition coefficient (Wildman–Crippen LogP) is 4.81. The van der Waals surface area contributed by atoms with Crippen molar-refractivity contribution < 1.29 is 32.3 Å². The summed E-state index contributed by atoms with van der Waals surface area (Å²) in [5.74, 6) is -1.16. The number of halogens is 3. The average molecular weight is 451 g/mol. The SMILES string of the molecule is CC(C)(C)OC(=O)NCCC(=O)Nc1ccccc1C(=O)Nc1cccc(C(F)(F)F)c1. The number of hydrogen-bond donors (Lipinski definition) is 3.